The van der Waals surface area contributed by atoms with E-state index < -0.39 is 0 Å². The van der Waals surface area contributed by atoms with Crippen LogP contribution in [0.5, 0.6) is 0 Å². The van der Waals surface area contributed by atoms with Crippen LogP contribution < -0.4 is 0 Å². The van der Waals surface area contributed by atoms with E-state index in [1.165, 1.54) is 0 Å². The Labute approximate surface area is 23.9 Å². The van der Waals surface area contributed by atoms with Gasteiger partial charge >= 0.3 is 0 Å². The number of hydrogen-bond acceptors (Lipinski definition) is 2. The van der Waals surface area contributed by atoms with E-state index in [1.54, 1.807) is 12.4 Å². The molecule has 1 aliphatic heterocycles. The van der Waals surface area contributed by atoms with Gasteiger partial charge < -0.3 is 0 Å². The average molecular weight is 54.1 g/mol. The molecule has 0 amide bonds. The summed E-state index contributed by atoms with van der Waals surface area (Å²) in [5.74, 6) is 0. The minimum Gasteiger partial charge on any atom is -0.157 e. The fourth-order valence-corrected chi connectivity index (χ4v) is 0.0667. The van der Waals surface area contributed by atoms with Crippen LogP contribution in [0.4, 0.5) is 0 Å². The predicted molar refractivity (Wildman–Crippen MR) is 17.0 cm³/mol. The van der Waals surface area contributed by atoms with Crippen LogP contribution in [-0.2, 0) is 0 Å². The highest BCUT2D eigenvalue weighted by molar-refractivity contribution is 6.19. The van der Waals surface area contributed by atoms with Crippen molar-refractivity contribution in [2.24, 2.45) is 10.2 Å². The van der Waals surface area contributed by atoms with Crippen molar-refractivity contribution >= 4 is 12.4 Å². The topological polar surface area (TPSA) is 24.7 Å². The van der Waals surface area contributed by atoms with Gasteiger partial charge in [0.25, 0.3) is 0 Å². The maximum atomic E-state index is 3.36. The zero-order valence-corrected chi connectivity index (χ0v) is 2.05. The van der Waals surface area contributed by atoms with Crippen LogP contribution >= 0.6 is 0 Å². The van der Waals surface area contributed by atoms with E-state index in [0.717, 1.165) is 0 Å². The van der Waals surface area contributed by atoms with Crippen molar-refractivity contribution in [2.75, 3.05) is 0 Å². The second-order valence-electron chi connectivity index (χ2n) is 0.529. The summed E-state index contributed by atoms with van der Waals surface area (Å²) in [4.78, 5) is 0. The minimum atomic E-state index is 1.64. The van der Waals surface area contributed by atoms with Crippen LogP contribution in [0.15, 0.2) is 10.2 Å². The van der Waals surface area contributed by atoms with Crippen molar-refractivity contribution in [1.82, 2.24) is 0 Å². The molecule has 0 fully saturated rings. The Morgan fingerprint density at radius 2 is 1.25 bits per heavy atom. The molecule has 20 valence electrons. The lowest BCUT2D eigenvalue weighted by atomic mass is 10.8. The monoisotopic (exact) mass is 54.0 g/mol. The van der Waals surface area contributed by atoms with Gasteiger partial charge in [0.15, 0.2) is 0 Å². The van der Waals surface area contributed by atoms with Crippen LogP contribution in [0.25, 0.3) is 0 Å². The first kappa shape index (κ1) is 1.64. The Hall–Kier alpha value is -0.660. The number of rotatable bonds is 0. The maximum Gasteiger partial charge on any atom is 0.0697 e. The minimum absolute atomic E-state index is 1.64. The first-order valence-corrected chi connectivity index (χ1v) is 1.05. The van der Waals surface area contributed by atoms with Crippen molar-refractivity contribution in [3.63, 3.8) is 0 Å². The van der Waals surface area contributed by atoms with Crippen molar-refractivity contribution in [1.29, 1.82) is 0 Å². The highest BCUT2D eigenvalue weighted by Crippen LogP contribution is 1.70. The van der Waals surface area contributed by atoms with Gasteiger partial charge in [-0.3, -0.25) is 0 Å². The Morgan fingerprint density at radius 3 is 1.25 bits per heavy atom. The lowest BCUT2D eigenvalue weighted by Crippen LogP contribution is -1.79. The van der Waals surface area contributed by atoms with Gasteiger partial charge in [0.2, 0.25) is 0 Å². The van der Waals surface area contributed by atoms with E-state index in [0.29, 0.717) is 0 Å². The number of nitrogens with zero attached hydrogens (tertiary/aromatic N) is 2. The normalized spacial score (nSPS) is 16.0. The third-order valence-electron chi connectivity index (χ3n) is 0.267. The summed E-state index contributed by atoms with van der Waals surface area (Å²) in [7, 11) is 0. The predicted octanol–water partition coefficient (Wildman–Crippen LogP) is 0.0566. The molecule has 0 bridgehead atoms. The molecule has 1 aliphatic rings. The van der Waals surface area contributed by atoms with Crippen molar-refractivity contribution in [3.05, 3.63) is 0 Å². The molecule has 0 radical (unpaired) electrons. The average Bonchev–Trinajstić information content (AvgIpc) is 0.722. The molecule has 0 atom stereocenters. The molecule has 1 heterocycles. The van der Waals surface area contributed by atoms with Crippen LogP contribution in [0.3, 0.4) is 0 Å². The molecule has 0 saturated heterocycles. The molecule has 2 heteroatoms. The van der Waals surface area contributed by atoms with Gasteiger partial charge in [0.1, 0.15) is 0 Å². The fourth-order valence-electron chi connectivity index (χ4n) is 0.0667. The van der Waals surface area contributed by atoms with Gasteiger partial charge in [-0.15, -0.1) is 0 Å². The van der Waals surface area contributed by atoms with E-state index >= 15 is 0 Å². The lowest BCUT2D eigenvalue weighted by Gasteiger charge is -1.76. The third kappa shape index (κ3) is 0.0139. The van der Waals surface area contributed by atoms with Gasteiger partial charge in [-0.1, -0.05) is 0 Å². The summed E-state index contributed by atoms with van der Waals surface area (Å²) in [6.07, 6.45) is 3.28. The molecule has 0 saturated carbocycles. The molecule has 2 nitrogen and oxygen atoms in total. The van der Waals surface area contributed by atoms with Crippen molar-refractivity contribution in [2.45, 2.75) is 0 Å². The SMILES string of the molecule is C1=NN=C1. The highest BCUT2D eigenvalue weighted by Gasteiger charge is 1.67. The molecular formula is C2H2N2. The van der Waals surface area contributed by atoms with E-state index in [2.05, 4.69) is 10.2 Å². The summed E-state index contributed by atoms with van der Waals surface area (Å²) in [6, 6.07) is 0. The second kappa shape index (κ2) is 0.377. The molecule has 0 aliphatic carbocycles. The quantitative estimate of drug-likeness (QED) is 0.373. The molecular weight excluding hydrogens is 52.0 g/mol. The van der Waals surface area contributed by atoms with Crippen molar-refractivity contribution < 1.29 is 0 Å². The molecule has 0 unspecified atom stereocenters. The third-order valence-corrected chi connectivity index (χ3v) is 0.267. The van der Waals surface area contributed by atoms with Crippen LogP contribution in [-0.4, -0.2) is 12.4 Å². The zero-order valence-electron chi connectivity index (χ0n) is 2.05. The summed E-state index contributed by atoms with van der Waals surface area (Å²) in [5, 5.41) is 6.72. The van der Waals surface area contributed by atoms with E-state index in [9.17, 15) is 0 Å². The van der Waals surface area contributed by atoms with Gasteiger partial charge in [-0.2, -0.15) is 10.2 Å². The fraction of sp³-hybridized carbons (Fsp3) is 0. The molecule has 0 spiro atoms. The van der Waals surface area contributed by atoms with E-state index in [4.69, 9.17) is 0 Å². The summed E-state index contributed by atoms with van der Waals surface area (Å²) in [6.45, 7) is 0. The van der Waals surface area contributed by atoms with Crippen LogP contribution in [0.1, 0.15) is 0 Å². The van der Waals surface area contributed by atoms with Gasteiger partial charge in [0.05, 0.1) is 12.4 Å². The van der Waals surface area contributed by atoms with Crippen LogP contribution in [0, 0.1) is 0 Å². The Kier molecular flexibility index (Phi) is 0.154. The number of hydrogen-bond donors (Lipinski definition) is 0. The summed E-state index contributed by atoms with van der Waals surface area (Å²) < 4.78 is 0. The molecule has 0 aromatic rings. The molecule has 0 N–H and O–H groups in total. The Balaban J connectivity index is 2.67. The van der Waals surface area contributed by atoms with Crippen LogP contribution in [0.2, 0.25) is 0 Å². The smallest absolute Gasteiger partial charge is 0.0697 e. The summed E-state index contributed by atoms with van der Waals surface area (Å²) >= 11 is 0. The standard InChI is InChI=1S/C2H2N2/c1-2-4-3-1/h1-2H. The van der Waals surface area contributed by atoms with Gasteiger partial charge in [0, 0.05) is 0 Å². The molecule has 0 aromatic heterocycles. The second-order valence-corrected chi connectivity index (χ2v) is 0.529. The molecule has 1 rings (SSSR count). The van der Waals surface area contributed by atoms with E-state index in [1.807, 2.05) is 0 Å². The van der Waals surface area contributed by atoms with Gasteiger partial charge in [-0.25, -0.2) is 0 Å². The first-order chi connectivity index (χ1) is 2.00. The Morgan fingerprint density at radius 1 is 1.00 bits per heavy atom. The first-order valence-electron chi connectivity index (χ1n) is 1.05. The lowest BCUT2D eigenvalue weighted by molar-refractivity contribution is 1.25. The van der Waals surface area contributed by atoms with Gasteiger partial charge in [-0.05, 0) is 0 Å². The maximum absolute atomic E-state index is 3.36. The zero-order chi connectivity index (χ0) is 2.83. The largest absolute Gasteiger partial charge is 0.157 e. The highest BCUT2D eigenvalue weighted by atomic mass is 15.2. The molecule has 4 heavy (non-hydrogen) atoms. The van der Waals surface area contributed by atoms with E-state index in [-0.39, 0.29) is 0 Å². The molecule has 0 aromatic carbocycles. The van der Waals surface area contributed by atoms with Crippen molar-refractivity contribution in [3.8, 4) is 0 Å². The Bertz CT molecular complexity index is 44.4. The summed E-state index contributed by atoms with van der Waals surface area (Å²) in [5.41, 5.74) is 0.